The van der Waals surface area contributed by atoms with Crippen LogP contribution in [0.15, 0.2) is 91.1 Å². The highest BCUT2D eigenvalue weighted by atomic mass is 19.1. The summed E-state index contributed by atoms with van der Waals surface area (Å²) >= 11 is 0. The second-order valence-electron chi connectivity index (χ2n) is 11.7. The van der Waals surface area contributed by atoms with Gasteiger partial charge in [-0.2, -0.15) is 0 Å². The van der Waals surface area contributed by atoms with E-state index >= 15 is 0 Å². The van der Waals surface area contributed by atoms with E-state index in [-0.39, 0.29) is 24.3 Å². The fourth-order valence-electron chi connectivity index (χ4n) is 5.64. The summed E-state index contributed by atoms with van der Waals surface area (Å²) in [4.78, 5) is 49.2. The van der Waals surface area contributed by atoms with Gasteiger partial charge in [-0.05, 0) is 78.8 Å². The van der Waals surface area contributed by atoms with Gasteiger partial charge in [-0.25, -0.2) is 4.39 Å². The third kappa shape index (κ3) is 7.37. The van der Waals surface area contributed by atoms with Crippen LogP contribution in [0.2, 0.25) is 0 Å². The number of anilines is 3. The summed E-state index contributed by atoms with van der Waals surface area (Å²) in [5.74, 6) is -1.11. The van der Waals surface area contributed by atoms with Crippen molar-refractivity contribution in [1.29, 1.82) is 0 Å². The van der Waals surface area contributed by atoms with Crippen LogP contribution in [0.4, 0.5) is 21.5 Å². The second-order valence-corrected chi connectivity index (χ2v) is 11.7. The molecule has 3 amide bonds. The Hall–Kier alpha value is -5.39. The Labute approximate surface area is 272 Å². The predicted octanol–water partition coefficient (Wildman–Crippen LogP) is 4.29. The molecule has 0 aliphatic carbocycles. The molecular weight excluding hydrogens is 597 g/mol. The van der Waals surface area contributed by atoms with Gasteiger partial charge in [-0.3, -0.25) is 24.3 Å². The molecular formula is C36H36FN7O3. The number of piperazine rings is 1. The minimum Gasteiger partial charge on any atom is -0.354 e. The number of amides is 3. The average Bonchev–Trinajstić information content (AvgIpc) is 3.41. The van der Waals surface area contributed by atoms with Crippen LogP contribution in [0.5, 0.6) is 0 Å². The van der Waals surface area contributed by atoms with E-state index in [1.54, 1.807) is 42.4 Å². The number of carbonyl (C=O) groups is 3. The fourth-order valence-corrected chi connectivity index (χ4v) is 5.64. The van der Waals surface area contributed by atoms with E-state index in [0.717, 1.165) is 37.4 Å². The molecule has 240 valence electrons. The van der Waals surface area contributed by atoms with Gasteiger partial charge in [-0.15, -0.1) is 0 Å². The molecule has 1 saturated heterocycles. The Morgan fingerprint density at radius 2 is 1.74 bits per heavy atom. The lowest BCUT2D eigenvalue weighted by Gasteiger charge is -2.32. The minimum atomic E-state index is -0.452. The normalized spacial score (nSPS) is 15.9. The number of aromatic nitrogens is 1. The first kappa shape index (κ1) is 31.6. The van der Waals surface area contributed by atoms with Gasteiger partial charge in [-0.1, -0.05) is 24.3 Å². The highest BCUT2D eigenvalue weighted by Gasteiger charge is 2.29. The largest absolute Gasteiger partial charge is 0.354 e. The van der Waals surface area contributed by atoms with Crippen LogP contribution in [0, 0.1) is 5.82 Å². The van der Waals surface area contributed by atoms with E-state index in [9.17, 15) is 18.8 Å². The SMILES string of the molecule is CN1CCN(CC(=O)N(C)c2ccc(N/C(=C3\C(=O)Nc4cc(F)ccc43)c3cccc(CNC(=O)c4ccccn4)c3)cc2)CC1. The van der Waals surface area contributed by atoms with E-state index < -0.39 is 5.82 Å². The van der Waals surface area contributed by atoms with Crippen molar-refractivity contribution >= 4 is 46.1 Å². The first-order valence-electron chi connectivity index (χ1n) is 15.4. The summed E-state index contributed by atoms with van der Waals surface area (Å²) in [6.45, 7) is 4.19. The number of rotatable bonds is 9. The molecule has 47 heavy (non-hydrogen) atoms. The number of fused-ring (bicyclic) bond motifs is 1. The molecule has 1 fully saturated rings. The Bertz CT molecular complexity index is 1820. The van der Waals surface area contributed by atoms with Gasteiger partial charge >= 0.3 is 0 Å². The number of nitrogens with one attached hydrogen (secondary N) is 3. The van der Waals surface area contributed by atoms with Crippen molar-refractivity contribution in [3.63, 3.8) is 0 Å². The van der Waals surface area contributed by atoms with Crippen molar-refractivity contribution in [3.05, 3.63) is 119 Å². The topological polar surface area (TPSA) is 110 Å². The zero-order valence-corrected chi connectivity index (χ0v) is 26.3. The maximum Gasteiger partial charge on any atom is 0.270 e. The van der Waals surface area contributed by atoms with Gasteiger partial charge in [0.2, 0.25) is 5.91 Å². The Morgan fingerprint density at radius 1 is 0.957 bits per heavy atom. The molecule has 3 N–H and O–H groups in total. The third-order valence-corrected chi connectivity index (χ3v) is 8.40. The molecule has 3 heterocycles. The molecule has 0 bridgehead atoms. The minimum absolute atomic E-state index is 0.0106. The van der Waals surface area contributed by atoms with Crippen LogP contribution < -0.4 is 20.9 Å². The number of benzene rings is 3. The number of pyridine rings is 1. The molecule has 0 spiro atoms. The van der Waals surface area contributed by atoms with Crippen molar-refractivity contribution in [1.82, 2.24) is 20.1 Å². The average molecular weight is 634 g/mol. The van der Waals surface area contributed by atoms with Crippen LogP contribution in [0.25, 0.3) is 11.3 Å². The number of hydrogen-bond donors (Lipinski definition) is 3. The van der Waals surface area contributed by atoms with Gasteiger partial charge in [0.25, 0.3) is 11.8 Å². The molecule has 10 nitrogen and oxygen atoms in total. The highest BCUT2D eigenvalue weighted by molar-refractivity contribution is 6.37. The fraction of sp³-hybridized carbons (Fsp3) is 0.222. The molecule has 0 saturated carbocycles. The van der Waals surface area contributed by atoms with E-state index in [2.05, 4.69) is 37.8 Å². The van der Waals surface area contributed by atoms with Crippen molar-refractivity contribution in [2.75, 3.05) is 62.4 Å². The first-order chi connectivity index (χ1) is 22.7. The first-order valence-corrected chi connectivity index (χ1v) is 15.4. The highest BCUT2D eigenvalue weighted by Crippen LogP contribution is 2.38. The molecule has 6 rings (SSSR count). The van der Waals surface area contributed by atoms with Gasteiger partial charge in [0.05, 0.1) is 23.5 Å². The van der Waals surface area contributed by atoms with E-state index in [1.165, 1.54) is 12.1 Å². The standard InChI is InChI=1S/C36H36FN7O3/c1-42-16-18-44(19-17-42)23-32(45)43(2)28-12-10-27(11-13-28)40-34(33-29-14-9-26(37)21-31(29)41-36(33)47)25-7-5-6-24(20-25)22-39-35(46)30-8-3-4-15-38-30/h3-15,20-21,40H,16-19,22-23H2,1-2H3,(H,39,46)(H,41,47)/b34-33-. The molecule has 2 aliphatic heterocycles. The van der Waals surface area contributed by atoms with E-state index in [0.29, 0.717) is 46.0 Å². The molecule has 1 aromatic heterocycles. The van der Waals surface area contributed by atoms with Gasteiger partial charge in [0.15, 0.2) is 0 Å². The molecule has 0 unspecified atom stereocenters. The summed E-state index contributed by atoms with van der Waals surface area (Å²) in [5.41, 5.74) is 5.08. The van der Waals surface area contributed by atoms with Crippen molar-refractivity contribution in [2.45, 2.75) is 6.54 Å². The lowest BCUT2D eigenvalue weighted by atomic mass is 9.98. The lowest BCUT2D eigenvalue weighted by molar-refractivity contribution is -0.119. The number of nitrogens with zero attached hydrogens (tertiary/aromatic N) is 4. The summed E-state index contributed by atoms with van der Waals surface area (Å²) < 4.78 is 14.1. The smallest absolute Gasteiger partial charge is 0.270 e. The second kappa shape index (κ2) is 13.9. The van der Waals surface area contributed by atoms with Crippen LogP contribution >= 0.6 is 0 Å². The maximum atomic E-state index is 14.1. The van der Waals surface area contributed by atoms with Crippen LogP contribution in [-0.4, -0.2) is 79.3 Å². The quantitative estimate of drug-likeness (QED) is 0.236. The van der Waals surface area contributed by atoms with Gasteiger partial charge < -0.3 is 25.8 Å². The molecule has 0 atom stereocenters. The molecule has 11 heteroatoms. The lowest BCUT2D eigenvalue weighted by Crippen LogP contribution is -2.48. The van der Waals surface area contributed by atoms with Crippen LogP contribution in [-0.2, 0) is 16.1 Å². The van der Waals surface area contributed by atoms with E-state index in [4.69, 9.17) is 0 Å². The monoisotopic (exact) mass is 633 g/mol. The number of halogens is 1. The zero-order valence-electron chi connectivity index (χ0n) is 26.3. The Balaban J connectivity index is 1.25. The van der Waals surface area contributed by atoms with Gasteiger partial charge in [0.1, 0.15) is 11.5 Å². The van der Waals surface area contributed by atoms with Crippen LogP contribution in [0.3, 0.4) is 0 Å². The summed E-state index contributed by atoms with van der Waals surface area (Å²) in [6, 6.07) is 24.2. The van der Waals surface area contributed by atoms with Crippen molar-refractivity contribution < 1.29 is 18.8 Å². The van der Waals surface area contributed by atoms with Crippen molar-refractivity contribution in [3.8, 4) is 0 Å². The number of hydrogen-bond acceptors (Lipinski definition) is 7. The predicted molar refractivity (Wildman–Crippen MR) is 181 cm³/mol. The van der Waals surface area contributed by atoms with Gasteiger partial charge in [0, 0.05) is 62.9 Å². The van der Waals surface area contributed by atoms with Crippen LogP contribution in [0.1, 0.15) is 27.2 Å². The molecule has 4 aromatic rings. The molecule has 0 radical (unpaired) electrons. The summed E-state index contributed by atoms with van der Waals surface area (Å²) in [6.07, 6.45) is 1.56. The van der Waals surface area contributed by atoms with Crippen molar-refractivity contribution in [2.24, 2.45) is 0 Å². The maximum absolute atomic E-state index is 14.1. The Kier molecular flexibility index (Phi) is 9.37. The zero-order chi connectivity index (χ0) is 32.9. The summed E-state index contributed by atoms with van der Waals surface area (Å²) in [7, 11) is 3.85. The van der Waals surface area contributed by atoms with E-state index in [1.807, 2.05) is 48.5 Å². The summed E-state index contributed by atoms with van der Waals surface area (Å²) in [5, 5.41) is 9.08. The Morgan fingerprint density at radius 3 is 2.49 bits per heavy atom. The molecule has 2 aliphatic rings. The number of carbonyl (C=O) groups excluding carboxylic acids is 3. The molecule has 3 aromatic carbocycles. The number of likely N-dealkylation sites (N-methyl/N-ethyl adjacent to an activating group) is 2. The third-order valence-electron chi connectivity index (χ3n) is 8.40.